The topological polar surface area (TPSA) is 99.1 Å². The van der Waals surface area contributed by atoms with E-state index in [4.69, 9.17) is 14.9 Å². The second-order valence-corrected chi connectivity index (χ2v) is 4.89. The number of nitrogens with one attached hydrogen (secondary N) is 1. The molecule has 3 N–H and O–H groups in total. The average Bonchev–Trinajstić information content (AvgIpc) is 2.55. The third-order valence-corrected chi connectivity index (χ3v) is 3.12. The number of ether oxygens (including phenoxy) is 1. The number of hydrogen-bond donors (Lipinski definition) is 3. The van der Waals surface area contributed by atoms with Gasteiger partial charge < -0.3 is 20.3 Å². The van der Waals surface area contributed by atoms with Crippen molar-refractivity contribution in [2.75, 3.05) is 33.3 Å². The zero-order chi connectivity index (χ0) is 17.1. The molecule has 1 aromatic carbocycles. The molecule has 0 unspecified atom stereocenters. The van der Waals surface area contributed by atoms with Gasteiger partial charge in [0.05, 0.1) is 7.11 Å². The molecule has 7 heteroatoms. The highest BCUT2D eigenvalue weighted by molar-refractivity contribution is 5.89. The minimum atomic E-state index is -1.26. The fourth-order valence-corrected chi connectivity index (χ4v) is 2.04. The number of rotatable bonds is 5. The van der Waals surface area contributed by atoms with E-state index < -0.39 is 11.9 Å². The van der Waals surface area contributed by atoms with Gasteiger partial charge in [-0.05, 0) is 17.7 Å². The molecular formula is C16H22N2O5. The number of hydrogen-bond acceptors (Lipinski definition) is 5. The Morgan fingerprint density at radius 1 is 1.22 bits per heavy atom. The normalized spacial score (nSPS) is 14.8. The van der Waals surface area contributed by atoms with Gasteiger partial charge in [0.25, 0.3) is 0 Å². The van der Waals surface area contributed by atoms with Crippen LogP contribution < -0.4 is 10.1 Å². The molecule has 1 saturated heterocycles. The Hall–Kier alpha value is -2.38. The fourth-order valence-electron chi connectivity index (χ4n) is 2.04. The molecule has 0 aromatic heterocycles. The van der Waals surface area contributed by atoms with Gasteiger partial charge in [-0.15, -0.1) is 0 Å². The first-order valence-corrected chi connectivity index (χ1v) is 7.21. The van der Waals surface area contributed by atoms with Crippen molar-refractivity contribution in [2.24, 2.45) is 0 Å². The van der Waals surface area contributed by atoms with Crippen molar-refractivity contribution in [1.29, 1.82) is 0 Å². The van der Waals surface area contributed by atoms with Crippen molar-refractivity contribution in [3.8, 4) is 5.75 Å². The number of benzene rings is 1. The summed E-state index contributed by atoms with van der Waals surface area (Å²) < 4.78 is 5.21. The van der Waals surface area contributed by atoms with Gasteiger partial charge in [0.1, 0.15) is 5.75 Å². The molecule has 0 saturated carbocycles. The van der Waals surface area contributed by atoms with Crippen LogP contribution in [-0.2, 0) is 16.1 Å². The predicted molar refractivity (Wildman–Crippen MR) is 85.6 cm³/mol. The largest absolute Gasteiger partial charge is 0.497 e. The summed E-state index contributed by atoms with van der Waals surface area (Å²) in [5.74, 6) is -1.57. The summed E-state index contributed by atoms with van der Waals surface area (Å²) in [6.45, 7) is 5.50. The first kappa shape index (κ1) is 18.7. The Labute approximate surface area is 135 Å². The predicted octanol–water partition coefficient (Wildman–Crippen LogP) is 0.812. The number of piperazine rings is 1. The summed E-state index contributed by atoms with van der Waals surface area (Å²) >= 11 is 0. The van der Waals surface area contributed by atoms with Crippen molar-refractivity contribution >= 4 is 11.9 Å². The van der Waals surface area contributed by atoms with Crippen LogP contribution in [0.1, 0.15) is 5.56 Å². The summed E-state index contributed by atoms with van der Waals surface area (Å²) in [6, 6.07) is 8.31. The van der Waals surface area contributed by atoms with Gasteiger partial charge in [0.15, 0.2) is 0 Å². The van der Waals surface area contributed by atoms with Crippen LogP contribution in [0.15, 0.2) is 36.4 Å². The highest BCUT2D eigenvalue weighted by Crippen LogP contribution is 2.14. The van der Waals surface area contributed by atoms with Crippen molar-refractivity contribution in [1.82, 2.24) is 10.2 Å². The maximum Gasteiger partial charge on any atom is 0.328 e. The molecule has 0 aliphatic carbocycles. The smallest absolute Gasteiger partial charge is 0.328 e. The first-order valence-electron chi connectivity index (χ1n) is 7.21. The second-order valence-electron chi connectivity index (χ2n) is 4.89. The molecule has 126 valence electrons. The fraction of sp³-hybridized carbons (Fsp3) is 0.375. The molecule has 1 heterocycles. The highest BCUT2D eigenvalue weighted by Gasteiger charge is 2.09. The Morgan fingerprint density at radius 2 is 1.83 bits per heavy atom. The molecule has 0 amide bonds. The number of methoxy groups -OCH3 is 1. The van der Waals surface area contributed by atoms with E-state index in [2.05, 4.69) is 28.4 Å². The van der Waals surface area contributed by atoms with Gasteiger partial charge >= 0.3 is 11.9 Å². The lowest BCUT2D eigenvalue weighted by molar-refractivity contribution is -0.134. The lowest BCUT2D eigenvalue weighted by Crippen LogP contribution is -2.42. The van der Waals surface area contributed by atoms with Crippen LogP contribution in [0.2, 0.25) is 0 Å². The van der Waals surface area contributed by atoms with E-state index in [1.54, 1.807) is 7.11 Å². The lowest BCUT2D eigenvalue weighted by Gasteiger charge is -2.27. The van der Waals surface area contributed by atoms with Crippen molar-refractivity contribution < 1.29 is 24.5 Å². The quantitative estimate of drug-likeness (QED) is 0.690. The molecule has 1 aliphatic rings. The molecule has 1 aromatic rings. The van der Waals surface area contributed by atoms with Crippen LogP contribution in [0.4, 0.5) is 0 Å². The van der Waals surface area contributed by atoms with Gasteiger partial charge in [-0.3, -0.25) is 4.90 Å². The number of carboxylic acids is 2. The van der Waals surface area contributed by atoms with Gasteiger partial charge in [-0.25, -0.2) is 9.59 Å². The lowest BCUT2D eigenvalue weighted by atomic mass is 10.2. The first-order chi connectivity index (χ1) is 11.0. The maximum atomic E-state index is 9.55. The van der Waals surface area contributed by atoms with Crippen LogP contribution >= 0.6 is 0 Å². The molecule has 23 heavy (non-hydrogen) atoms. The summed E-state index contributed by atoms with van der Waals surface area (Å²) in [6.07, 6.45) is 1.12. The minimum absolute atomic E-state index is 0.558. The van der Waals surface area contributed by atoms with E-state index in [0.717, 1.165) is 38.5 Å². The van der Waals surface area contributed by atoms with Gasteiger partial charge in [0.2, 0.25) is 0 Å². The number of carbonyl (C=O) groups is 2. The summed E-state index contributed by atoms with van der Waals surface area (Å²) in [7, 11) is 1.71. The van der Waals surface area contributed by atoms with Crippen LogP contribution in [0, 0.1) is 0 Å². The zero-order valence-electron chi connectivity index (χ0n) is 13.1. The number of nitrogens with zero attached hydrogens (tertiary/aromatic N) is 1. The monoisotopic (exact) mass is 322 g/mol. The highest BCUT2D eigenvalue weighted by atomic mass is 16.5. The number of aliphatic carboxylic acids is 2. The third-order valence-electron chi connectivity index (χ3n) is 3.12. The molecule has 0 radical (unpaired) electrons. The molecule has 0 bridgehead atoms. The van der Waals surface area contributed by atoms with Gasteiger partial charge in [-0.1, -0.05) is 12.1 Å². The van der Waals surface area contributed by atoms with E-state index in [9.17, 15) is 9.59 Å². The van der Waals surface area contributed by atoms with Crippen LogP contribution in [-0.4, -0.2) is 60.3 Å². The maximum absolute atomic E-state index is 9.55. The van der Waals surface area contributed by atoms with E-state index in [1.807, 2.05) is 6.07 Å². The van der Waals surface area contributed by atoms with E-state index >= 15 is 0 Å². The van der Waals surface area contributed by atoms with E-state index in [0.29, 0.717) is 12.2 Å². The van der Waals surface area contributed by atoms with Crippen LogP contribution in [0.5, 0.6) is 5.75 Å². The molecule has 2 rings (SSSR count). The summed E-state index contributed by atoms with van der Waals surface area (Å²) in [5.41, 5.74) is 1.33. The molecule has 1 fully saturated rings. The second kappa shape index (κ2) is 10.4. The SMILES string of the molecule is COc1cccc(CN2CCNCC2)c1.O=C(O)/C=C\C(=O)O. The summed E-state index contributed by atoms with van der Waals surface area (Å²) in [5, 5.41) is 19.0. The van der Waals surface area contributed by atoms with Crippen molar-refractivity contribution in [2.45, 2.75) is 6.54 Å². The third kappa shape index (κ3) is 8.60. The molecule has 0 atom stereocenters. The van der Waals surface area contributed by atoms with Gasteiger partial charge in [0, 0.05) is 44.9 Å². The molecule has 0 spiro atoms. The van der Waals surface area contributed by atoms with Crippen LogP contribution in [0.25, 0.3) is 0 Å². The van der Waals surface area contributed by atoms with Crippen LogP contribution in [0.3, 0.4) is 0 Å². The molecular weight excluding hydrogens is 300 g/mol. The standard InChI is InChI=1S/C12H18N2O.C4H4O4/c1-15-12-4-2-3-11(9-12)10-14-7-5-13-6-8-14;5-3(6)1-2-4(7)8/h2-4,9,13H,5-8,10H2,1H3;1-2H,(H,5,6)(H,7,8)/b;2-1-. The minimum Gasteiger partial charge on any atom is -0.497 e. The van der Waals surface area contributed by atoms with E-state index in [-0.39, 0.29) is 0 Å². The Morgan fingerprint density at radius 3 is 2.35 bits per heavy atom. The van der Waals surface area contributed by atoms with Crippen molar-refractivity contribution in [3.05, 3.63) is 42.0 Å². The molecule has 1 aliphatic heterocycles. The Bertz CT molecular complexity index is 523. The van der Waals surface area contributed by atoms with E-state index in [1.165, 1.54) is 5.56 Å². The summed E-state index contributed by atoms with van der Waals surface area (Å²) in [4.78, 5) is 21.6. The Kier molecular flexibility index (Phi) is 8.41. The Balaban J connectivity index is 0.000000284. The average molecular weight is 322 g/mol. The van der Waals surface area contributed by atoms with Gasteiger partial charge in [-0.2, -0.15) is 0 Å². The zero-order valence-corrected chi connectivity index (χ0v) is 13.1. The molecule has 7 nitrogen and oxygen atoms in total. The van der Waals surface area contributed by atoms with Crippen molar-refractivity contribution in [3.63, 3.8) is 0 Å². The number of carboxylic acid groups (broad SMARTS) is 2.